The molecule has 0 radical (unpaired) electrons. The second-order valence-corrected chi connectivity index (χ2v) is 7.65. The molecule has 3 rings (SSSR count). The van der Waals surface area contributed by atoms with Crippen molar-refractivity contribution >= 4 is 11.9 Å². The number of Topliss-reactive ketones (excluding diaryl/α,β-unsaturated/α-hetero) is 1. The molecule has 2 aromatic carbocycles. The highest BCUT2D eigenvalue weighted by molar-refractivity contribution is 6.02. The summed E-state index contributed by atoms with van der Waals surface area (Å²) in [7, 11) is 0. The molecule has 0 saturated carbocycles. The van der Waals surface area contributed by atoms with E-state index in [-0.39, 0.29) is 11.7 Å². The van der Waals surface area contributed by atoms with E-state index in [9.17, 15) is 9.59 Å². The summed E-state index contributed by atoms with van der Waals surface area (Å²) in [6.07, 6.45) is 0.317. The average molecular weight is 351 g/mol. The normalized spacial score (nSPS) is 20.0. The van der Waals surface area contributed by atoms with Gasteiger partial charge in [-0.25, -0.2) is 4.79 Å². The van der Waals surface area contributed by atoms with Gasteiger partial charge in [0.05, 0.1) is 0 Å². The van der Waals surface area contributed by atoms with Crippen molar-refractivity contribution < 1.29 is 14.3 Å². The van der Waals surface area contributed by atoms with Crippen molar-refractivity contribution in [2.75, 3.05) is 6.54 Å². The molecular formula is C22H25NO3. The van der Waals surface area contributed by atoms with Crippen molar-refractivity contribution in [1.82, 2.24) is 4.90 Å². The third-order valence-corrected chi connectivity index (χ3v) is 4.58. The SMILES string of the molecule is CC(C)(C)OC(=O)N1CCC(c2ccccc2)C1C(=O)c1ccccc1. The molecule has 1 fully saturated rings. The minimum absolute atomic E-state index is 0.0311. The maximum absolute atomic E-state index is 13.3. The molecule has 0 bridgehead atoms. The molecule has 1 saturated heterocycles. The molecule has 4 nitrogen and oxygen atoms in total. The number of benzene rings is 2. The predicted octanol–water partition coefficient (Wildman–Crippen LogP) is 4.66. The van der Waals surface area contributed by atoms with Crippen molar-refractivity contribution in [3.63, 3.8) is 0 Å². The van der Waals surface area contributed by atoms with Gasteiger partial charge in [-0.3, -0.25) is 9.69 Å². The number of rotatable bonds is 3. The molecule has 136 valence electrons. The molecule has 0 aromatic heterocycles. The van der Waals surface area contributed by atoms with Gasteiger partial charge in [0, 0.05) is 18.0 Å². The molecule has 4 heteroatoms. The van der Waals surface area contributed by atoms with E-state index in [1.807, 2.05) is 69.3 Å². The summed E-state index contributed by atoms with van der Waals surface area (Å²) in [5.74, 6) is -0.0702. The van der Waals surface area contributed by atoms with Gasteiger partial charge in [-0.2, -0.15) is 0 Å². The quantitative estimate of drug-likeness (QED) is 0.756. The summed E-state index contributed by atoms with van der Waals surface area (Å²) >= 11 is 0. The van der Waals surface area contributed by atoms with E-state index in [2.05, 4.69) is 0 Å². The number of nitrogens with zero attached hydrogens (tertiary/aromatic N) is 1. The van der Waals surface area contributed by atoms with Gasteiger partial charge in [0.1, 0.15) is 11.6 Å². The Morgan fingerprint density at radius 1 is 0.962 bits per heavy atom. The standard InChI is InChI=1S/C22H25NO3/c1-22(2,3)26-21(25)23-15-14-18(16-10-6-4-7-11-16)19(23)20(24)17-12-8-5-9-13-17/h4-13,18-19H,14-15H2,1-3H3. The van der Waals surface area contributed by atoms with Crippen molar-refractivity contribution in [3.8, 4) is 0 Å². The maximum Gasteiger partial charge on any atom is 0.410 e. The number of ether oxygens (including phenoxy) is 1. The van der Waals surface area contributed by atoms with Crippen molar-refractivity contribution in [3.05, 3.63) is 71.8 Å². The fourth-order valence-electron chi connectivity index (χ4n) is 3.46. The topological polar surface area (TPSA) is 46.6 Å². The lowest BCUT2D eigenvalue weighted by Gasteiger charge is -2.30. The van der Waals surface area contributed by atoms with E-state index in [4.69, 9.17) is 4.74 Å². The summed E-state index contributed by atoms with van der Waals surface area (Å²) in [6.45, 7) is 6.02. The van der Waals surface area contributed by atoms with E-state index in [0.717, 1.165) is 12.0 Å². The fraction of sp³-hybridized carbons (Fsp3) is 0.364. The molecule has 1 amide bonds. The monoisotopic (exact) mass is 351 g/mol. The lowest BCUT2D eigenvalue weighted by Crippen LogP contribution is -2.45. The Kier molecular flexibility index (Phi) is 5.12. The van der Waals surface area contributed by atoms with Gasteiger partial charge in [-0.05, 0) is 32.8 Å². The number of carbonyl (C=O) groups excluding carboxylic acids is 2. The third-order valence-electron chi connectivity index (χ3n) is 4.58. The Labute approximate surface area is 154 Å². The van der Waals surface area contributed by atoms with E-state index in [1.165, 1.54) is 0 Å². The Morgan fingerprint density at radius 2 is 1.54 bits per heavy atom. The zero-order valence-corrected chi connectivity index (χ0v) is 15.5. The molecule has 26 heavy (non-hydrogen) atoms. The van der Waals surface area contributed by atoms with E-state index >= 15 is 0 Å². The molecular weight excluding hydrogens is 326 g/mol. The lowest BCUT2D eigenvalue weighted by molar-refractivity contribution is 0.0216. The summed E-state index contributed by atoms with van der Waals surface area (Å²) in [5, 5.41) is 0. The van der Waals surface area contributed by atoms with E-state index in [0.29, 0.717) is 12.1 Å². The number of hydrogen-bond acceptors (Lipinski definition) is 3. The van der Waals surface area contributed by atoms with Crippen LogP contribution in [0.5, 0.6) is 0 Å². The fourth-order valence-corrected chi connectivity index (χ4v) is 3.46. The van der Waals surface area contributed by atoms with Crippen LogP contribution < -0.4 is 0 Å². The van der Waals surface area contributed by atoms with Crippen molar-refractivity contribution in [2.45, 2.75) is 44.8 Å². The first-order valence-electron chi connectivity index (χ1n) is 9.00. The van der Waals surface area contributed by atoms with Gasteiger partial charge in [0.15, 0.2) is 5.78 Å². The van der Waals surface area contributed by atoms with Crippen LogP contribution in [0.2, 0.25) is 0 Å². The van der Waals surface area contributed by atoms with Gasteiger partial charge in [-0.15, -0.1) is 0 Å². The van der Waals surface area contributed by atoms with Crippen LogP contribution in [0.1, 0.15) is 49.0 Å². The van der Waals surface area contributed by atoms with Gasteiger partial charge in [0.25, 0.3) is 0 Å². The van der Waals surface area contributed by atoms with E-state index < -0.39 is 17.7 Å². The highest BCUT2D eigenvalue weighted by Crippen LogP contribution is 2.36. The van der Waals surface area contributed by atoms with Crippen LogP contribution in [0.3, 0.4) is 0 Å². The summed E-state index contributed by atoms with van der Waals surface area (Å²) in [5.41, 5.74) is 1.10. The van der Waals surface area contributed by atoms with Crippen molar-refractivity contribution in [2.24, 2.45) is 0 Å². The van der Waals surface area contributed by atoms with Gasteiger partial charge >= 0.3 is 6.09 Å². The second kappa shape index (κ2) is 7.32. The first-order chi connectivity index (χ1) is 12.4. The lowest BCUT2D eigenvalue weighted by atomic mass is 9.87. The summed E-state index contributed by atoms with van der Waals surface area (Å²) < 4.78 is 5.56. The van der Waals surface area contributed by atoms with Crippen LogP contribution in [-0.4, -0.2) is 35.0 Å². The average Bonchev–Trinajstić information content (AvgIpc) is 3.06. The van der Waals surface area contributed by atoms with Crippen LogP contribution in [0.4, 0.5) is 4.79 Å². The van der Waals surface area contributed by atoms with Crippen LogP contribution in [0, 0.1) is 0 Å². The number of carbonyl (C=O) groups is 2. The first-order valence-corrected chi connectivity index (χ1v) is 9.00. The Balaban J connectivity index is 1.94. The Morgan fingerprint density at radius 3 is 2.12 bits per heavy atom. The number of hydrogen-bond donors (Lipinski definition) is 0. The molecule has 2 unspecified atom stereocenters. The number of ketones is 1. The largest absolute Gasteiger partial charge is 0.444 e. The highest BCUT2D eigenvalue weighted by atomic mass is 16.6. The van der Waals surface area contributed by atoms with Crippen LogP contribution in [0.15, 0.2) is 60.7 Å². The summed E-state index contributed by atoms with van der Waals surface area (Å²) in [6, 6.07) is 18.6. The first kappa shape index (κ1) is 18.2. The predicted molar refractivity (Wildman–Crippen MR) is 101 cm³/mol. The molecule has 0 N–H and O–H groups in total. The molecule has 2 aromatic rings. The molecule has 2 atom stereocenters. The Bertz CT molecular complexity index is 765. The molecule has 1 aliphatic heterocycles. The maximum atomic E-state index is 13.3. The van der Waals surface area contributed by atoms with Gasteiger partial charge in [0.2, 0.25) is 0 Å². The minimum Gasteiger partial charge on any atom is -0.444 e. The molecule has 0 spiro atoms. The van der Waals surface area contributed by atoms with Crippen LogP contribution in [0.25, 0.3) is 0 Å². The smallest absolute Gasteiger partial charge is 0.410 e. The Hall–Kier alpha value is -2.62. The number of amides is 1. The summed E-state index contributed by atoms with van der Waals surface area (Å²) in [4.78, 5) is 27.6. The zero-order chi connectivity index (χ0) is 18.7. The third kappa shape index (κ3) is 3.96. The van der Waals surface area contributed by atoms with Crippen molar-refractivity contribution in [1.29, 1.82) is 0 Å². The second-order valence-electron chi connectivity index (χ2n) is 7.65. The molecule has 1 aliphatic rings. The number of likely N-dealkylation sites (tertiary alicyclic amines) is 1. The van der Waals surface area contributed by atoms with Crippen LogP contribution in [-0.2, 0) is 4.74 Å². The highest BCUT2D eigenvalue weighted by Gasteiger charge is 2.44. The molecule has 1 heterocycles. The van der Waals surface area contributed by atoms with Gasteiger partial charge in [-0.1, -0.05) is 60.7 Å². The van der Waals surface area contributed by atoms with Crippen LogP contribution >= 0.6 is 0 Å². The van der Waals surface area contributed by atoms with E-state index in [1.54, 1.807) is 17.0 Å². The zero-order valence-electron chi connectivity index (χ0n) is 15.5. The van der Waals surface area contributed by atoms with Gasteiger partial charge < -0.3 is 4.74 Å². The minimum atomic E-state index is -0.595. The molecule has 0 aliphatic carbocycles.